The molecule has 0 saturated carbocycles. The Bertz CT molecular complexity index is 1250. The monoisotopic (exact) mass is 537 g/mol. The number of pyridine rings is 1. The van der Waals surface area contributed by atoms with Gasteiger partial charge in [-0.05, 0) is 0 Å². The molecule has 2 unspecified atom stereocenters. The maximum atomic E-state index is 12.2. The van der Waals surface area contributed by atoms with Gasteiger partial charge in [0, 0.05) is 6.07 Å². The first-order valence-corrected chi connectivity index (χ1v) is 13.2. The van der Waals surface area contributed by atoms with Gasteiger partial charge in [-0.25, -0.2) is 18.3 Å². The van der Waals surface area contributed by atoms with E-state index in [0.29, 0.717) is 0 Å². The van der Waals surface area contributed by atoms with Gasteiger partial charge in [-0.2, -0.15) is 13.2 Å². The summed E-state index contributed by atoms with van der Waals surface area (Å²) in [5.41, 5.74) is 5.49. The summed E-state index contributed by atoms with van der Waals surface area (Å²) >= 11 is 0. The van der Waals surface area contributed by atoms with E-state index in [-0.39, 0.29) is 16.9 Å². The number of phosphoric acid groups is 3. The van der Waals surface area contributed by atoms with Crippen LogP contribution in [-0.4, -0.2) is 64.3 Å². The number of nitrogens with two attached hydrogens (primary N) is 1. The average molecular weight is 537 g/mol. The van der Waals surface area contributed by atoms with Crippen molar-refractivity contribution in [2.75, 3.05) is 12.3 Å². The summed E-state index contributed by atoms with van der Waals surface area (Å²) < 4.78 is 53.6. The highest BCUT2D eigenvalue weighted by Crippen LogP contribution is 2.66. The quantitative estimate of drug-likeness (QED) is 0.130. The van der Waals surface area contributed by atoms with Crippen molar-refractivity contribution in [3.05, 3.63) is 22.7 Å². The Morgan fingerprint density at radius 1 is 1.15 bits per heavy atom. The van der Waals surface area contributed by atoms with Gasteiger partial charge in [0.25, 0.3) is 0 Å². The molecule has 6 atom stereocenters. The van der Waals surface area contributed by atoms with Crippen LogP contribution in [0.4, 0.5) is 5.82 Å². The molecule has 18 nitrogen and oxygen atoms in total. The number of anilines is 1. The average Bonchev–Trinajstić information content (AvgIpc) is 3.07. The second-order valence-electron chi connectivity index (χ2n) is 6.85. The van der Waals surface area contributed by atoms with Crippen LogP contribution in [0.2, 0.25) is 0 Å². The van der Waals surface area contributed by atoms with Crippen molar-refractivity contribution >= 4 is 40.3 Å². The van der Waals surface area contributed by atoms with Crippen LogP contribution in [0, 0.1) is 0 Å². The number of nitrogen functional groups attached to an aromatic ring is 1. The largest absolute Gasteiger partial charge is 0.490 e. The Morgan fingerprint density at radius 2 is 1.79 bits per heavy atom. The van der Waals surface area contributed by atoms with Crippen LogP contribution >= 0.6 is 23.5 Å². The van der Waals surface area contributed by atoms with Gasteiger partial charge in [0.2, 0.25) is 18.1 Å². The number of phosphoric ester groups is 1. The molecule has 1 saturated heterocycles. The zero-order valence-electron chi connectivity index (χ0n) is 16.4. The number of fused-ring (bicyclic) bond motifs is 1. The van der Waals surface area contributed by atoms with Crippen molar-refractivity contribution < 1.29 is 65.9 Å². The van der Waals surface area contributed by atoms with Gasteiger partial charge in [-0.1, -0.05) is 0 Å². The number of imidazole rings is 1. The molecule has 0 aromatic carbocycles. The fraction of sp³-hybridized carbons (Fsp3) is 0.500. The number of ether oxygens (including phenoxy) is 1. The number of aliphatic hydroxyl groups excluding tert-OH is 2. The summed E-state index contributed by atoms with van der Waals surface area (Å²) in [6.45, 7) is -0.980. The Morgan fingerprint density at radius 3 is 2.39 bits per heavy atom. The Balaban J connectivity index is 1.76. The fourth-order valence-electron chi connectivity index (χ4n) is 3.17. The smallest absolute Gasteiger partial charge is 0.387 e. The van der Waals surface area contributed by atoms with E-state index in [9.17, 15) is 33.6 Å². The lowest BCUT2D eigenvalue weighted by molar-refractivity contribution is -0.646. The number of nitrogens with zero attached hydrogens (tertiary/aromatic N) is 2. The molecule has 2 aromatic heterocycles. The summed E-state index contributed by atoms with van der Waals surface area (Å²) in [5, 5.41) is 20.6. The van der Waals surface area contributed by atoms with E-state index in [1.807, 2.05) is 0 Å². The molecule has 0 amide bonds. The highest BCUT2D eigenvalue weighted by atomic mass is 31.3. The minimum absolute atomic E-state index is 0.00435. The predicted octanol–water partition coefficient (Wildman–Crippen LogP) is -2.30. The first kappa shape index (κ1) is 26.1. The summed E-state index contributed by atoms with van der Waals surface area (Å²) in [4.78, 5) is 50.3. The van der Waals surface area contributed by atoms with Crippen LogP contribution in [-0.2, 0) is 38.6 Å². The van der Waals surface area contributed by atoms with Crippen molar-refractivity contribution in [1.82, 2.24) is 9.55 Å². The molecular formula is C12H20N4O14P3+. The van der Waals surface area contributed by atoms with Gasteiger partial charge in [0.1, 0.15) is 24.1 Å². The Hall–Kier alpha value is -1.49. The molecule has 1 aliphatic heterocycles. The van der Waals surface area contributed by atoms with Gasteiger partial charge in [-0.15, -0.1) is 0 Å². The van der Waals surface area contributed by atoms with Gasteiger partial charge < -0.3 is 45.2 Å². The molecule has 9 N–H and O–H groups in total. The number of nitrogens with one attached hydrogen (secondary N) is 1. The second kappa shape index (κ2) is 8.94. The van der Waals surface area contributed by atoms with Crippen LogP contribution in [0.25, 0.3) is 11.0 Å². The summed E-state index contributed by atoms with van der Waals surface area (Å²) in [5.74, 6) is 0.00435. The molecule has 3 heterocycles. The van der Waals surface area contributed by atoms with Crippen LogP contribution in [0.15, 0.2) is 17.2 Å². The highest BCUT2D eigenvalue weighted by molar-refractivity contribution is 7.66. The molecule has 33 heavy (non-hydrogen) atoms. The molecule has 0 radical (unpaired) electrons. The normalized spacial score (nSPS) is 27.5. The molecule has 0 bridgehead atoms. The van der Waals surface area contributed by atoms with Crippen molar-refractivity contribution in [3.8, 4) is 0 Å². The summed E-state index contributed by atoms with van der Waals surface area (Å²) in [7, 11) is -15.2. The van der Waals surface area contributed by atoms with Gasteiger partial charge in [-0.3, -0.25) is 9.32 Å². The third-order valence-corrected chi connectivity index (χ3v) is 8.17. The Labute approximate surface area is 183 Å². The van der Waals surface area contributed by atoms with E-state index in [4.69, 9.17) is 25.2 Å². The molecule has 21 heteroatoms. The second-order valence-corrected chi connectivity index (χ2v) is 11.3. The lowest BCUT2D eigenvalue weighted by atomic mass is 10.1. The van der Waals surface area contributed by atoms with E-state index in [2.05, 4.69) is 18.1 Å². The summed E-state index contributed by atoms with van der Waals surface area (Å²) in [6.07, 6.45) is -4.78. The van der Waals surface area contributed by atoms with Crippen molar-refractivity contribution in [1.29, 1.82) is 0 Å². The minimum Gasteiger partial charge on any atom is -0.387 e. The lowest BCUT2D eigenvalue weighted by Gasteiger charge is -2.18. The van der Waals surface area contributed by atoms with E-state index < -0.39 is 60.2 Å². The van der Waals surface area contributed by atoms with E-state index in [1.54, 1.807) is 0 Å². The van der Waals surface area contributed by atoms with Crippen LogP contribution in [0.1, 0.15) is 6.23 Å². The third-order valence-electron chi connectivity index (χ3n) is 4.37. The number of aromatic amines is 1. The predicted molar refractivity (Wildman–Crippen MR) is 104 cm³/mol. The maximum absolute atomic E-state index is 12.2. The first-order chi connectivity index (χ1) is 15.0. The van der Waals surface area contributed by atoms with Gasteiger partial charge in [0.15, 0.2) is 5.52 Å². The zero-order chi connectivity index (χ0) is 24.9. The topological polar surface area (TPSA) is 277 Å². The number of aryl methyl sites for hydroxylation is 1. The van der Waals surface area contributed by atoms with Crippen LogP contribution < -0.4 is 15.9 Å². The third kappa shape index (κ3) is 5.96. The standard InChI is InChI=1S/C12H19N4O14P3/c1-15-4-16(5-2-7(13)14-11(19)8(5)15)12-10(18)9(17)6(28-12)3-27-32(23,24)30-33(25,26)29-31(20,21)22/h2,4,6,9-10,12,17-18H,3H2,1H3,(H6-,13,14,19,20,21,22,23,24,25,26)/p+1/t6-,9-,10-,12-/m1/s1. The molecule has 1 aliphatic rings. The fourth-order valence-corrected chi connectivity index (χ4v) is 6.20. The highest BCUT2D eigenvalue weighted by Gasteiger charge is 2.49. The molecule has 3 rings (SSSR count). The number of hydrogen-bond acceptors (Lipinski definition) is 11. The van der Waals surface area contributed by atoms with Crippen molar-refractivity contribution in [2.24, 2.45) is 7.05 Å². The van der Waals surface area contributed by atoms with Crippen LogP contribution in [0.3, 0.4) is 0 Å². The molecule has 0 aliphatic carbocycles. The molecule has 1 fully saturated rings. The van der Waals surface area contributed by atoms with E-state index in [1.165, 1.54) is 28.6 Å². The molecule has 0 spiro atoms. The minimum atomic E-state index is -5.72. The number of rotatable bonds is 8. The maximum Gasteiger partial charge on any atom is 0.490 e. The Kier molecular flexibility index (Phi) is 7.08. The molecule has 2 aromatic rings. The van der Waals surface area contributed by atoms with E-state index in [0.717, 1.165) is 0 Å². The number of H-pyrrole nitrogens is 1. The van der Waals surface area contributed by atoms with Crippen LogP contribution in [0.5, 0.6) is 0 Å². The van der Waals surface area contributed by atoms with E-state index >= 15 is 0 Å². The van der Waals surface area contributed by atoms with Crippen molar-refractivity contribution in [2.45, 2.75) is 24.5 Å². The van der Waals surface area contributed by atoms with Gasteiger partial charge in [0.05, 0.1) is 13.7 Å². The first-order valence-electron chi connectivity index (χ1n) is 8.68. The molecule has 186 valence electrons. The SMILES string of the molecule is C[n+]1cn([C@@H]2O[C@H](COP(=O)(O)OP(=O)(O)OP(=O)(O)O)[C@@H](O)[C@H]2O)c2cc(N)[nH]c(=O)c21. The number of hydrogen-bond donors (Lipinski definition) is 8. The number of aromatic nitrogens is 3. The zero-order valence-corrected chi connectivity index (χ0v) is 19.1. The van der Waals surface area contributed by atoms with Gasteiger partial charge >= 0.3 is 29.0 Å². The number of aliphatic hydroxyl groups is 2. The summed E-state index contributed by atoms with van der Waals surface area (Å²) in [6, 6.07) is 1.37. The lowest BCUT2D eigenvalue weighted by Crippen LogP contribution is -2.34. The molecular weight excluding hydrogens is 517 g/mol. The van der Waals surface area contributed by atoms with Crippen molar-refractivity contribution in [3.63, 3.8) is 0 Å².